The Morgan fingerprint density at radius 2 is 1.88 bits per heavy atom. The first-order valence-electron chi connectivity index (χ1n) is 5.67. The molecule has 4 heteroatoms. The van der Waals surface area contributed by atoms with Crippen LogP contribution in [0.5, 0.6) is 5.75 Å². The van der Waals surface area contributed by atoms with Crippen LogP contribution in [0.25, 0.3) is 0 Å². The lowest BCUT2D eigenvalue weighted by Gasteiger charge is -2.16. The second-order valence-electron chi connectivity index (χ2n) is 4.09. The van der Waals surface area contributed by atoms with Crippen LogP contribution in [0.15, 0.2) is 24.3 Å². The normalized spacial score (nSPS) is 14.4. The molecule has 0 bridgehead atoms. The molecule has 0 aliphatic heterocycles. The summed E-state index contributed by atoms with van der Waals surface area (Å²) in [6.07, 6.45) is -0.627. The Balaban J connectivity index is 2.30. The average molecular weight is 240 g/mol. The van der Waals surface area contributed by atoms with Crippen LogP contribution in [0.2, 0.25) is 0 Å². The van der Waals surface area contributed by atoms with Gasteiger partial charge in [0.05, 0.1) is 26.4 Å². The Kier molecular flexibility index (Phi) is 5.97. The van der Waals surface area contributed by atoms with Gasteiger partial charge in [0.25, 0.3) is 0 Å². The summed E-state index contributed by atoms with van der Waals surface area (Å²) in [7, 11) is 1.62. The van der Waals surface area contributed by atoms with Crippen LogP contribution in [-0.2, 0) is 11.3 Å². The predicted octanol–water partition coefficient (Wildman–Crippen LogP) is 1.20. The molecule has 0 aliphatic rings. The third-order valence-electron chi connectivity index (χ3n) is 2.66. The Hall–Kier alpha value is -1.10. The van der Waals surface area contributed by atoms with E-state index in [2.05, 4.69) is 0 Å². The van der Waals surface area contributed by atoms with E-state index in [1.807, 2.05) is 24.3 Å². The largest absolute Gasteiger partial charge is 0.497 e. The van der Waals surface area contributed by atoms with Gasteiger partial charge in [0.15, 0.2) is 0 Å². The smallest absolute Gasteiger partial charge is 0.118 e. The average Bonchev–Trinajstić information content (AvgIpc) is 2.38. The molecule has 1 rings (SSSR count). The summed E-state index contributed by atoms with van der Waals surface area (Å²) in [5.74, 6) is 0.647. The molecule has 0 fully saturated rings. The zero-order valence-corrected chi connectivity index (χ0v) is 10.3. The second kappa shape index (κ2) is 7.27. The molecule has 0 aromatic heterocycles. The van der Waals surface area contributed by atoms with E-state index in [1.54, 1.807) is 14.0 Å². The van der Waals surface area contributed by atoms with Crippen LogP contribution in [-0.4, -0.2) is 36.6 Å². The van der Waals surface area contributed by atoms with Crippen molar-refractivity contribution in [2.75, 3.05) is 20.3 Å². The molecule has 4 nitrogen and oxygen atoms in total. The molecule has 2 atom stereocenters. The second-order valence-corrected chi connectivity index (χ2v) is 4.09. The lowest BCUT2D eigenvalue weighted by molar-refractivity contribution is -0.0109. The highest BCUT2D eigenvalue weighted by Crippen LogP contribution is 2.12. The molecule has 1 aromatic carbocycles. The van der Waals surface area contributed by atoms with Gasteiger partial charge in [0.2, 0.25) is 0 Å². The van der Waals surface area contributed by atoms with Crippen LogP contribution in [0.1, 0.15) is 12.5 Å². The summed E-state index contributed by atoms with van der Waals surface area (Å²) in [5, 5.41) is 18.4. The summed E-state index contributed by atoms with van der Waals surface area (Å²) in [4.78, 5) is 0. The van der Waals surface area contributed by atoms with E-state index < -0.39 is 6.10 Å². The van der Waals surface area contributed by atoms with Crippen molar-refractivity contribution in [2.45, 2.75) is 19.6 Å². The lowest BCUT2D eigenvalue weighted by atomic mass is 10.1. The van der Waals surface area contributed by atoms with Crippen LogP contribution in [0.3, 0.4) is 0 Å². The van der Waals surface area contributed by atoms with Crippen LogP contribution < -0.4 is 4.74 Å². The molecule has 0 radical (unpaired) electrons. The summed E-state index contributed by atoms with van der Waals surface area (Å²) in [6, 6.07) is 7.57. The van der Waals surface area contributed by atoms with Crippen LogP contribution in [0, 0.1) is 5.92 Å². The van der Waals surface area contributed by atoms with Gasteiger partial charge in [0.1, 0.15) is 5.75 Å². The number of rotatable bonds is 7. The van der Waals surface area contributed by atoms with Gasteiger partial charge in [-0.15, -0.1) is 0 Å². The minimum Gasteiger partial charge on any atom is -0.497 e. The third-order valence-corrected chi connectivity index (χ3v) is 2.66. The number of hydrogen-bond acceptors (Lipinski definition) is 4. The van der Waals surface area contributed by atoms with E-state index in [-0.39, 0.29) is 19.1 Å². The molecular formula is C13H20O4. The Morgan fingerprint density at radius 3 is 2.41 bits per heavy atom. The maximum Gasteiger partial charge on any atom is 0.118 e. The Labute approximate surface area is 102 Å². The fraction of sp³-hybridized carbons (Fsp3) is 0.538. The number of aliphatic hydroxyl groups is 2. The molecular weight excluding hydrogens is 220 g/mol. The maximum absolute atomic E-state index is 9.57. The minimum atomic E-state index is -0.627. The van der Waals surface area contributed by atoms with Crippen LogP contribution >= 0.6 is 0 Å². The van der Waals surface area contributed by atoms with E-state index in [9.17, 15) is 5.11 Å². The molecule has 0 saturated heterocycles. The van der Waals surface area contributed by atoms with Crippen molar-refractivity contribution in [1.29, 1.82) is 0 Å². The first-order chi connectivity index (χ1) is 8.17. The highest BCUT2D eigenvalue weighted by atomic mass is 16.5. The van der Waals surface area contributed by atoms with Gasteiger partial charge in [0, 0.05) is 12.5 Å². The zero-order chi connectivity index (χ0) is 12.7. The SMILES string of the molecule is COc1ccc(COC[C@H](O)[C@H](C)CO)cc1. The summed E-state index contributed by atoms with van der Waals surface area (Å²) in [6.45, 7) is 2.42. The van der Waals surface area contributed by atoms with Crippen molar-refractivity contribution >= 4 is 0 Å². The summed E-state index contributed by atoms with van der Waals surface area (Å²) >= 11 is 0. The standard InChI is InChI=1S/C13H20O4/c1-10(7-14)13(15)9-17-8-11-3-5-12(16-2)6-4-11/h3-6,10,13-15H,7-9H2,1-2H3/t10-,13+/m1/s1. The van der Waals surface area contributed by atoms with E-state index in [4.69, 9.17) is 14.6 Å². The third kappa shape index (κ3) is 4.73. The predicted molar refractivity (Wildman–Crippen MR) is 64.9 cm³/mol. The zero-order valence-electron chi connectivity index (χ0n) is 10.3. The topological polar surface area (TPSA) is 58.9 Å². The van der Waals surface area contributed by atoms with Gasteiger partial charge < -0.3 is 19.7 Å². The monoisotopic (exact) mass is 240 g/mol. The molecule has 2 N–H and O–H groups in total. The Bertz CT molecular complexity index is 310. The molecule has 0 heterocycles. The van der Waals surface area contributed by atoms with Gasteiger partial charge >= 0.3 is 0 Å². The number of benzene rings is 1. The van der Waals surface area contributed by atoms with Gasteiger partial charge in [-0.25, -0.2) is 0 Å². The van der Waals surface area contributed by atoms with Gasteiger partial charge in [-0.3, -0.25) is 0 Å². The molecule has 1 aromatic rings. The van der Waals surface area contributed by atoms with Crippen molar-refractivity contribution < 1.29 is 19.7 Å². The lowest BCUT2D eigenvalue weighted by Crippen LogP contribution is -2.26. The quantitative estimate of drug-likeness (QED) is 0.752. The number of methoxy groups -OCH3 is 1. The molecule has 0 aliphatic carbocycles. The maximum atomic E-state index is 9.57. The van der Waals surface area contributed by atoms with Crippen molar-refractivity contribution in [1.82, 2.24) is 0 Å². The van der Waals surface area contributed by atoms with E-state index >= 15 is 0 Å². The first-order valence-corrected chi connectivity index (χ1v) is 5.67. The first kappa shape index (κ1) is 14.0. The van der Waals surface area contributed by atoms with Crippen molar-refractivity contribution in [3.8, 4) is 5.75 Å². The summed E-state index contributed by atoms with van der Waals surface area (Å²) in [5.41, 5.74) is 1.02. The Morgan fingerprint density at radius 1 is 1.24 bits per heavy atom. The number of hydrogen-bond donors (Lipinski definition) is 2. The molecule has 0 unspecified atom stereocenters. The van der Waals surface area contributed by atoms with Gasteiger partial charge in [-0.05, 0) is 17.7 Å². The highest BCUT2D eigenvalue weighted by molar-refractivity contribution is 5.26. The van der Waals surface area contributed by atoms with Crippen molar-refractivity contribution in [2.24, 2.45) is 5.92 Å². The van der Waals surface area contributed by atoms with Gasteiger partial charge in [-0.2, -0.15) is 0 Å². The van der Waals surface area contributed by atoms with Crippen molar-refractivity contribution in [3.05, 3.63) is 29.8 Å². The molecule has 96 valence electrons. The minimum absolute atomic E-state index is 0.0347. The van der Waals surface area contributed by atoms with Gasteiger partial charge in [-0.1, -0.05) is 19.1 Å². The van der Waals surface area contributed by atoms with E-state index in [1.165, 1.54) is 0 Å². The molecule has 17 heavy (non-hydrogen) atoms. The van der Waals surface area contributed by atoms with E-state index in [0.29, 0.717) is 6.61 Å². The van der Waals surface area contributed by atoms with Crippen molar-refractivity contribution in [3.63, 3.8) is 0 Å². The molecule has 0 saturated carbocycles. The summed E-state index contributed by atoms with van der Waals surface area (Å²) < 4.78 is 10.4. The fourth-order valence-electron chi connectivity index (χ4n) is 1.31. The number of ether oxygens (including phenoxy) is 2. The molecule has 0 amide bonds. The number of aliphatic hydroxyl groups excluding tert-OH is 2. The van der Waals surface area contributed by atoms with Crippen LogP contribution in [0.4, 0.5) is 0 Å². The van der Waals surface area contributed by atoms with E-state index in [0.717, 1.165) is 11.3 Å². The molecule has 0 spiro atoms. The fourth-order valence-corrected chi connectivity index (χ4v) is 1.31. The highest BCUT2D eigenvalue weighted by Gasteiger charge is 2.12.